The minimum atomic E-state index is -5.99. The van der Waals surface area contributed by atoms with Gasteiger partial charge in [-0.1, -0.05) is 60.7 Å². The molecule has 1 fully saturated rings. The van der Waals surface area contributed by atoms with E-state index >= 15 is 0 Å². The van der Waals surface area contributed by atoms with Gasteiger partial charge < -0.3 is 8.92 Å². The van der Waals surface area contributed by atoms with E-state index in [4.69, 9.17) is 8.92 Å². The van der Waals surface area contributed by atoms with Crippen LogP contribution in [0.15, 0.2) is 90.5 Å². The number of ether oxygens (including phenoxy) is 1. The molecule has 0 amide bonds. The Kier molecular flexibility index (Phi) is 6.64. The Hall–Kier alpha value is -3.70. The summed E-state index contributed by atoms with van der Waals surface area (Å²) < 4.78 is 74.6. The summed E-state index contributed by atoms with van der Waals surface area (Å²) in [5.74, 6) is -0.496. The Morgan fingerprint density at radius 2 is 1.49 bits per heavy atom. The molecule has 0 saturated carbocycles. The number of rotatable bonds is 6. The number of halogens is 3. The average molecular weight is 505 g/mol. The molecule has 3 aromatic carbocycles. The number of hydrogen-bond donors (Lipinski definition) is 0. The first kappa shape index (κ1) is 24.4. The van der Waals surface area contributed by atoms with Crippen LogP contribution in [-0.4, -0.2) is 18.8 Å². The molecule has 1 heterocycles. The fraction of sp³-hybridized carbons (Fsp3) is 0.167. The van der Waals surface area contributed by atoms with Gasteiger partial charge in [0.1, 0.15) is 6.10 Å². The molecule has 35 heavy (non-hydrogen) atoms. The number of non-ortho nitro benzene ring substituents is 1. The third-order valence-corrected chi connectivity index (χ3v) is 6.36. The smallest absolute Gasteiger partial charge is 0.375 e. The predicted molar refractivity (Wildman–Crippen MR) is 120 cm³/mol. The van der Waals surface area contributed by atoms with E-state index in [1.807, 2.05) is 0 Å². The largest absolute Gasteiger partial charge is 0.534 e. The Bertz CT molecular complexity index is 1340. The molecule has 0 aromatic heterocycles. The van der Waals surface area contributed by atoms with Gasteiger partial charge in [0.25, 0.3) is 5.69 Å². The highest BCUT2D eigenvalue weighted by atomic mass is 32.2. The maximum atomic E-state index is 13.2. The van der Waals surface area contributed by atoms with Gasteiger partial charge in [-0.25, -0.2) is 0 Å². The molecule has 1 aliphatic rings. The van der Waals surface area contributed by atoms with E-state index in [-0.39, 0.29) is 23.2 Å². The molecule has 4 rings (SSSR count). The van der Waals surface area contributed by atoms with Crippen molar-refractivity contribution >= 4 is 21.6 Å². The van der Waals surface area contributed by atoms with Crippen molar-refractivity contribution < 1.29 is 35.4 Å². The number of nitro groups is 1. The van der Waals surface area contributed by atoms with Crippen molar-refractivity contribution in [2.24, 2.45) is 0 Å². The molecule has 1 saturated heterocycles. The monoisotopic (exact) mass is 505 g/mol. The van der Waals surface area contributed by atoms with Gasteiger partial charge in [-0.05, 0) is 23.3 Å². The summed E-state index contributed by atoms with van der Waals surface area (Å²) in [7, 11) is -5.99. The third kappa shape index (κ3) is 5.20. The third-order valence-electron chi connectivity index (χ3n) is 5.40. The summed E-state index contributed by atoms with van der Waals surface area (Å²) in [6.07, 6.45) is -1.61. The summed E-state index contributed by atoms with van der Waals surface area (Å²) in [5.41, 5.74) is -4.44. The van der Waals surface area contributed by atoms with Crippen molar-refractivity contribution in [3.8, 4) is 0 Å². The Balaban J connectivity index is 1.89. The second-order valence-corrected chi connectivity index (χ2v) is 9.21. The normalized spacial score (nSPS) is 19.9. The van der Waals surface area contributed by atoms with Crippen LogP contribution in [-0.2, 0) is 19.0 Å². The van der Waals surface area contributed by atoms with Crippen LogP contribution in [0.2, 0.25) is 0 Å². The lowest BCUT2D eigenvalue weighted by molar-refractivity contribution is -0.384. The van der Waals surface area contributed by atoms with Crippen molar-refractivity contribution in [1.29, 1.82) is 0 Å². The lowest BCUT2D eigenvalue weighted by atomic mass is 9.95. The SMILES string of the molecule is O=[N+]([O-])c1ccc([C@@H]2O[C@H](c3ccccc3)C/C2=C(\OS(=O)(=O)C(F)(F)F)c2ccccc2)cc1. The molecular formula is C24H18F3NO6S. The van der Waals surface area contributed by atoms with Crippen LogP contribution in [0.25, 0.3) is 5.76 Å². The minimum Gasteiger partial charge on any atom is -0.375 e. The molecule has 182 valence electrons. The fourth-order valence-corrected chi connectivity index (χ4v) is 4.28. The average Bonchev–Trinajstić information content (AvgIpc) is 3.28. The molecule has 11 heteroatoms. The first-order valence-corrected chi connectivity index (χ1v) is 11.7. The van der Waals surface area contributed by atoms with Gasteiger partial charge in [0.2, 0.25) is 0 Å². The number of nitrogens with zero attached hydrogens (tertiary/aromatic N) is 1. The van der Waals surface area contributed by atoms with Crippen LogP contribution in [0.1, 0.15) is 35.3 Å². The van der Waals surface area contributed by atoms with Crippen LogP contribution in [0.4, 0.5) is 18.9 Å². The Morgan fingerprint density at radius 3 is 2.03 bits per heavy atom. The highest BCUT2D eigenvalue weighted by molar-refractivity contribution is 7.87. The molecule has 0 bridgehead atoms. The van der Waals surface area contributed by atoms with E-state index in [9.17, 15) is 31.7 Å². The lowest BCUT2D eigenvalue weighted by Gasteiger charge is -2.19. The van der Waals surface area contributed by atoms with Crippen LogP contribution in [0.3, 0.4) is 0 Å². The summed E-state index contributed by atoms with van der Waals surface area (Å²) in [4.78, 5) is 10.5. The molecule has 1 aliphatic heterocycles. The highest BCUT2D eigenvalue weighted by Gasteiger charge is 2.50. The number of benzene rings is 3. The van der Waals surface area contributed by atoms with Crippen LogP contribution in [0, 0.1) is 10.1 Å². The van der Waals surface area contributed by atoms with E-state index in [0.717, 1.165) is 5.56 Å². The van der Waals surface area contributed by atoms with Gasteiger partial charge in [0.05, 0.1) is 11.0 Å². The summed E-state index contributed by atoms with van der Waals surface area (Å²) in [6.45, 7) is 0. The van der Waals surface area contributed by atoms with E-state index < -0.39 is 38.5 Å². The lowest BCUT2D eigenvalue weighted by Crippen LogP contribution is -2.25. The van der Waals surface area contributed by atoms with Crippen molar-refractivity contribution in [3.63, 3.8) is 0 Å². The van der Waals surface area contributed by atoms with Crippen LogP contribution in [0.5, 0.6) is 0 Å². The predicted octanol–water partition coefficient (Wildman–Crippen LogP) is 6.08. The number of nitro benzene ring substituents is 1. The van der Waals surface area contributed by atoms with E-state index in [1.54, 1.807) is 36.4 Å². The molecule has 2 atom stereocenters. The Morgan fingerprint density at radius 1 is 0.914 bits per heavy atom. The zero-order valence-corrected chi connectivity index (χ0v) is 18.7. The second kappa shape index (κ2) is 9.51. The van der Waals surface area contributed by atoms with E-state index in [2.05, 4.69) is 0 Å². The van der Waals surface area contributed by atoms with Gasteiger partial charge in [-0.3, -0.25) is 10.1 Å². The zero-order chi connectivity index (χ0) is 25.2. The molecular weight excluding hydrogens is 487 g/mol. The first-order valence-electron chi connectivity index (χ1n) is 10.3. The first-order chi connectivity index (χ1) is 16.6. The molecule has 0 N–H and O–H groups in total. The minimum absolute atomic E-state index is 0.0310. The zero-order valence-electron chi connectivity index (χ0n) is 17.9. The van der Waals surface area contributed by atoms with Gasteiger partial charge in [0.15, 0.2) is 5.76 Å². The Labute approximate surface area is 198 Å². The standard InChI is InChI=1S/C24H18F3NO6S/c25-24(26,27)35(31,32)34-23(17-9-5-2-6-10-17)20-15-21(16-7-3-1-4-8-16)33-22(20)18-11-13-19(14-12-18)28(29)30/h1-14,21-22H,15H2/b23-20+/t21-,22-/m0/s1. The molecule has 3 aromatic rings. The van der Waals surface area contributed by atoms with Crippen LogP contribution < -0.4 is 0 Å². The van der Waals surface area contributed by atoms with Crippen molar-refractivity contribution in [3.05, 3.63) is 117 Å². The fourth-order valence-electron chi connectivity index (χ4n) is 3.76. The number of hydrogen-bond acceptors (Lipinski definition) is 6. The highest BCUT2D eigenvalue weighted by Crippen LogP contribution is 2.49. The number of alkyl halides is 3. The summed E-state index contributed by atoms with van der Waals surface area (Å²) in [5, 5.41) is 11.1. The van der Waals surface area contributed by atoms with Gasteiger partial charge >= 0.3 is 15.6 Å². The molecule has 0 aliphatic carbocycles. The van der Waals surface area contributed by atoms with E-state index in [0.29, 0.717) is 5.56 Å². The van der Waals surface area contributed by atoms with Gasteiger partial charge in [-0.2, -0.15) is 21.6 Å². The van der Waals surface area contributed by atoms with E-state index in [1.165, 1.54) is 48.5 Å². The molecule has 0 radical (unpaired) electrons. The van der Waals surface area contributed by atoms with Crippen molar-refractivity contribution in [2.75, 3.05) is 0 Å². The molecule has 0 spiro atoms. The van der Waals surface area contributed by atoms with Crippen molar-refractivity contribution in [1.82, 2.24) is 0 Å². The van der Waals surface area contributed by atoms with Crippen LogP contribution >= 0.6 is 0 Å². The topological polar surface area (TPSA) is 95.7 Å². The summed E-state index contributed by atoms with van der Waals surface area (Å²) in [6, 6.07) is 21.7. The molecule has 0 unspecified atom stereocenters. The summed E-state index contributed by atoms with van der Waals surface area (Å²) >= 11 is 0. The maximum absolute atomic E-state index is 13.2. The van der Waals surface area contributed by atoms with Gasteiger partial charge in [-0.15, -0.1) is 0 Å². The maximum Gasteiger partial charge on any atom is 0.534 e. The second-order valence-electron chi connectivity index (χ2n) is 7.67. The van der Waals surface area contributed by atoms with Crippen molar-refractivity contribution in [2.45, 2.75) is 24.1 Å². The molecule has 7 nitrogen and oxygen atoms in total. The van der Waals surface area contributed by atoms with Gasteiger partial charge in [0, 0.05) is 29.7 Å². The quantitative estimate of drug-likeness (QED) is 0.133.